The zero-order valence-electron chi connectivity index (χ0n) is 7.30. The van der Waals surface area contributed by atoms with Gasteiger partial charge < -0.3 is 45.0 Å². The van der Waals surface area contributed by atoms with Gasteiger partial charge in [-0.3, -0.25) is 0 Å². The number of hydrogen-bond acceptors (Lipinski definition) is 9. The summed E-state index contributed by atoms with van der Waals surface area (Å²) in [7, 11) is 0. The summed E-state index contributed by atoms with van der Waals surface area (Å²) in [6.07, 6.45) is -7.00. The molecule has 0 spiro atoms. The molecule has 0 radical (unpaired) electrons. The van der Waals surface area contributed by atoms with Crippen molar-refractivity contribution >= 4 is 132 Å². The standard InChI is InChI=1S/3CH2O3.3Ca/c3*2-1(3)4;;;/h3*(H2,2,3,4);;;/q;;;3*+2/p-6. The van der Waals surface area contributed by atoms with Crippen LogP contribution in [0.1, 0.15) is 0 Å². The van der Waals surface area contributed by atoms with Crippen LogP contribution in [0.5, 0.6) is 0 Å². The fourth-order valence-electron chi connectivity index (χ4n) is 0. The van der Waals surface area contributed by atoms with E-state index in [4.69, 9.17) is 45.0 Å². The number of rotatable bonds is 0. The number of carbonyl (C=O) groups is 3. The van der Waals surface area contributed by atoms with Crippen LogP contribution in [0.25, 0.3) is 0 Å². The van der Waals surface area contributed by atoms with E-state index in [1.807, 2.05) is 0 Å². The molecule has 0 rings (SSSR count). The summed E-state index contributed by atoms with van der Waals surface area (Å²) < 4.78 is 0. The summed E-state index contributed by atoms with van der Waals surface area (Å²) in [4.78, 5) is 25.0. The molecule has 0 aromatic heterocycles. The van der Waals surface area contributed by atoms with Gasteiger partial charge in [0, 0.05) is 0 Å². The molecular formula is C3Ca3O9. The van der Waals surface area contributed by atoms with Crippen LogP contribution in [-0.2, 0) is 0 Å². The summed E-state index contributed by atoms with van der Waals surface area (Å²) in [5, 5.41) is 50.0. The van der Waals surface area contributed by atoms with Crippen molar-refractivity contribution in [1.29, 1.82) is 0 Å². The number of carbonyl (C=O) groups excluding carboxylic acids is 3. The maximum Gasteiger partial charge on any atom is 2.00 e. The first-order valence-corrected chi connectivity index (χ1v) is 1.84. The van der Waals surface area contributed by atoms with Gasteiger partial charge in [0.1, 0.15) is 0 Å². The van der Waals surface area contributed by atoms with Gasteiger partial charge in [-0.05, 0) is 18.5 Å². The largest absolute Gasteiger partial charge is 2.00 e. The zero-order chi connectivity index (χ0) is 10.7. The number of hydrogen-bond donors (Lipinski definition) is 0. The average molecular weight is 300 g/mol. The third kappa shape index (κ3) is 1140. The summed E-state index contributed by atoms with van der Waals surface area (Å²) in [5.74, 6) is 0. The Morgan fingerprint density at radius 1 is 0.467 bits per heavy atom. The zero-order valence-corrected chi connectivity index (χ0v) is 13.9. The predicted octanol–water partition coefficient (Wildman–Crippen LogP) is -8.48. The molecule has 0 aliphatic heterocycles. The van der Waals surface area contributed by atoms with Crippen LogP contribution in [0.15, 0.2) is 0 Å². The Morgan fingerprint density at radius 3 is 0.467 bits per heavy atom. The van der Waals surface area contributed by atoms with Crippen LogP contribution in [0, 0.1) is 0 Å². The van der Waals surface area contributed by atoms with E-state index in [1.54, 1.807) is 0 Å². The molecule has 0 heterocycles. The molecule has 0 amide bonds. The molecule has 0 bridgehead atoms. The van der Waals surface area contributed by atoms with Crippen molar-refractivity contribution < 1.29 is 45.0 Å². The van der Waals surface area contributed by atoms with Gasteiger partial charge in [-0.25, -0.2) is 0 Å². The molecule has 15 heavy (non-hydrogen) atoms. The van der Waals surface area contributed by atoms with E-state index in [2.05, 4.69) is 0 Å². The van der Waals surface area contributed by atoms with Crippen molar-refractivity contribution in [1.82, 2.24) is 0 Å². The summed E-state index contributed by atoms with van der Waals surface area (Å²) in [6, 6.07) is 0. The summed E-state index contributed by atoms with van der Waals surface area (Å²) in [6.45, 7) is 0. The SMILES string of the molecule is O=C([O-])[O-].O=C([O-])[O-].O=C([O-])[O-].[Ca+2].[Ca+2].[Ca+2]. The normalized spacial score (nSPS) is 4.80. The van der Waals surface area contributed by atoms with Gasteiger partial charge in [-0.15, -0.1) is 0 Å². The Morgan fingerprint density at radius 2 is 0.467 bits per heavy atom. The van der Waals surface area contributed by atoms with Gasteiger partial charge in [0.05, 0.1) is 0 Å². The van der Waals surface area contributed by atoms with Gasteiger partial charge in [-0.1, -0.05) is 0 Å². The van der Waals surface area contributed by atoms with Crippen molar-refractivity contribution in [2.75, 3.05) is 0 Å². The topological polar surface area (TPSA) is 190 Å². The van der Waals surface area contributed by atoms with Gasteiger partial charge in [0.15, 0.2) is 0 Å². The van der Waals surface area contributed by atoms with Gasteiger partial charge in [0.25, 0.3) is 0 Å². The molecule has 0 unspecified atom stereocenters. The average Bonchev–Trinajstić information content (AvgIpc) is 1.54. The molecule has 9 nitrogen and oxygen atoms in total. The van der Waals surface area contributed by atoms with E-state index in [0.29, 0.717) is 0 Å². The molecule has 0 fully saturated rings. The Hall–Kier alpha value is 1.59. The maximum absolute atomic E-state index is 8.33. The molecule has 0 aromatic rings. The van der Waals surface area contributed by atoms with Crippen molar-refractivity contribution in [2.24, 2.45) is 0 Å². The molecule has 12 heteroatoms. The Balaban J connectivity index is -0.0000000184. The minimum absolute atomic E-state index is 0. The maximum atomic E-state index is 8.33. The fraction of sp³-hybridized carbons (Fsp3) is 0. The smallest absolute Gasteiger partial charge is 0.652 e. The van der Waals surface area contributed by atoms with Gasteiger partial charge in [0.2, 0.25) is 0 Å². The second-order valence-corrected chi connectivity index (χ2v) is 0.750. The van der Waals surface area contributed by atoms with Crippen molar-refractivity contribution in [3.05, 3.63) is 0 Å². The Labute approximate surface area is 173 Å². The van der Waals surface area contributed by atoms with Crippen LogP contribution < -0.4 is 30.6 Å². The van der Waals surface area contributed by atoms with Gasteiger partial charge >= 0.3 is 113 Å². The van der Waals surface area contributed by atoms with E-state index in [-0.39, 0.29) is 113 Å². The second-order valence-electron chi connectivity index (χ2n) is 0.750. The molecule has 0 N–H and O–H groups in total. The Kier molecular flexibility index (Phi) is 70.9. The monoisotopic (exact) mass is 300 g/mol. The second kappa shape index (κ2) is 29.6. The van der Waals surface area contributed by atoms with Crippen molar-refractivity contribution in [2.45, 2.75) is 0 Å². The molecule has 0 saturated carbocycles. The summed E-state index contributed by atoms with van der Waals surface area (Å²) >= 11 is 0. The third-order valence-corrected chi connectivity index (χ3v) is 0. The molecule has 0 aliphatic rings. The fourth-order valence-corrected chi connectivity index (χ4v) is 0. The van der Waals surface area contributed by atoms with E-state index in [0.717, 1.165) is 0 Å². The third-order valence-electron chi connectivity index (χ3n) is 0. The van der Waals surface area contributed by atoms with Gasteiger partial charge in [-0.2, -0.15) is 0 Å². The Bertz CT molecular complexity index is 118. The van der Waals surface area contributed by atoms with E-state index in [9.17, 15) is 0 Å². The van der Waals surface area contributed by atoms with Crippen molar-refractivity contribution in [3.63, 3.8) is 0 Å². The minimum atomic E-state index is -2.33. The van der Waals surface area contributed by atoms with Crippen molar-refractivity contribution in [3.8, 4) is 0 Å². The molecule has 0 atom stereocenters. The first kappa shape index (κ1) is 36.0. The predicted molar refractivity (Wildman–Crippen MR) is 33.4 cm³/mol. The van der Waals surface area contributed by atoms with E-state index in [1.165, 1.54) is 0 Å². The molecule has 0 saturated heterocycles. The van der Waals surface area contributed by atoms with Crippen LogP contribution in [0.4, 0.5) is 14.4 Å². The summed E-state index contributed by atoms with van der Waals surface area (Å²) in [5.41, 5.74) is 0. The molecular weight excluding hydrogens is 300 g/mol. The van der Waals surface area contributed by atoms with E-state index < -0.39 is 18.5 Å². The van der Waals surface area contributed by atoms with Crippen LogP contribution in [-0.4, -0.2) is 132 Å². The molecule has 0 aromatic carbocycles. The van der Waals surface area contributed by atoms with Crippen LogP contribution in [0.3, 0.4) is 0 Å². The van der Waals surface area contributed by atoms with Crippen LogP contribution in [0.2, 0.25) is 0 Å². The quantitative estimate of drug-likeness (QED) is 0.391. The number of carboxylic acid groups (broad SMARTS) is 6. The molecule has 72 valence electrons. The minimum Gasteiger partial charge on any atom is -0.652 e. The van der Waals surface area contributed by atoms with Crippen LogP contribution >= 0.6 is 0 Å². The first-order chi connectivity index (χ1) is 5.20. The first-order valence-electron chi connectivity index (χ1n) is 1.84. The van der Waals surface area contributed by atoms with E-state index >= 15 is 0 Å². The molecule has 0 aliphatic carbocycles.